The van der Waals surface area contributed by atoms with Gasteiger partial charge in [0.25, 0.3) is 0 Å². The van der Waals surface area contributed by atoms with E-state index in [9.17, 15) is 16.8 Å². The summed E-state index contributed by atoms with van der Waals surface area (Å²) in [6.45, 7) is 0. The van der Waals surface area contributed by atoms with Gasteiger partial charge in [-0.2, -0.15) is 16.8 Å². The lowest BCUT2D eigenvalue weighted by Crippen LogP contribution is -2.08. The van der Waals surface area contributed by atoms with Gasteiger partial charge in [0.05, 0.1) is 0 Å². The number of rotatable bonds is 4. The molecule has 0 aliphatic heterocycles. The predicted octanol–water partition coefficient (Wildman–Crippen LogP) is 1.55. The first-order valence-electron chi connectivity index (χ1n) is 7.21. The number of hydrogen-bond acceptors (Lipinski definition) is 6. The summed E-state index contributed by atoms with van der Waals surface area (Å²) >= 11 is 0. The Labute approximate surface area is 150 Å². The second kappa shape index (κ2) is 6.62. The van der Waals surface area contributed by atoms with E-state index in [0.29, 0.717) is 35.1 Å². The third kappa shape index (κ3) is 4.74. The molecule has 136 valence electrons. The van der Waals surface area contributed by atoms with Crippen LogP contribution in [-0.2, 0) is 33.6 Å². The first-order chi connectivity index (χ1) is 12.1. The summed E-state index contributed by atoms with van der Waals surface area (Å²) < 4.78 is 69.7. The van der Waals surface area contributed by atoms with Crippen molar-refractivity contribution >= 4 is 20.8 Å². The summed E-state index contributed by atoms with van der Waals surface area (Å²) in [6.07, 6.45) is 0.907. The lowest BCUT2D eigenvalue weighted by molar-refractivity contribution is 0.384. The average molecular weight is 396 g/mol. The zero-order valence-electron chi connectivity index (χ0n) is 13.0. The molecule has 8 nitrogen and oxygen atoms in total. The molecule has 0 unspecified atom stereocenters. The van der Waals surface area contributed by atoms with Crippen molar-refractivity contribution in [3.05, 3.63) is 58.7 Å². The Bertz CT molecular complexity index is 1050. The van der Waals surface area contributed by atoms with Crippen LogP contribution in [0.3, 0.4) is 0 Å². The van der Waals surface area contributed by atoms with Crippen molar-refractivity contribution in [3.63, 3.8) is 0 Å². The SMILES string of the molecule is O=S(=O)(O)Oc1ccc2c(c1)CCc1cc(OS(=O)(=O)O)ccc1C#C2. The molecule has 2 N–H and O–H groups in total. The van der Waals surface area contributed by atoms with E-state index in [2.05, 4.69) is 20.2 Å². The highest BCUT2D eigenvalue weighted by Crippen LogP contribution is 2.25. The third-order valence-electron chi connectivity index (χ3n) is 3.55. The van der Waals surface area contributed by atoms with Crippen LogP contribution in [0.2, 0.25) is 0 Å². The van der Waals surface area contributed by atoms with Crippen LogP contribution in [0.4, 0.5) is 0 Å². The molecule has 0 aromatic heterocycles. The van der Waals surface area contributed by atoms with Gasteiger partial charge in [-0.05, 0) is 60.4 Å². The monoisotopic (exact) mass is 396 g/mol. The lowest BCUT2D eigenvalue weighted by Gasteiger charge is -2.12. The van der Waals surface area contributed by atoms with E-state index in [4.69, 9.17) is 9.11 Å². The van der Waals surface area contributed by atoms with Gasteiger partial charge in [-0.3, -0.25) is 9.11 Å². The molecule has 2 aromatic rings. The van der Waals surface area contributed by atoms with Crippen molar-refractivity contribution in [1.29, 1.82) is 0 Å². The van der Waals surface area contributed by atoms with Gasteiger partial charge in [0.1, 0.15) is 11.5 Å². The molecule has 0 amide bonds. The summed E-state index contributed by atoms with van der Waals surface area (Å²) in [6, 6.07) is 8.86. The van der Waals surface area contributed by atoms with E-state index in [0.717, 1.165) is 0 Å². The fourth-order valence-corrected chi connectivity index (χ4v) is 3.24. The summed E-state index contributed by atoms with van der Waals surface area (Å²) in [4.78, 5) is 0. The average Bonchev–Trinajstić information content (AvgIpc) is 2.48. The maximum absolute atomic E-state index is 10.8. The molecule has 0 atom stereocenters. The van der Waals surface area contributed by atoms with Gasteiger partial charge < -0.3 is 8.37 Å². The topological polar surface area (TPSA) is 127 Å². The number of fused-ring (bicyclic) bond motifs is 2. The Hall–Kier alpha value is -2.58. The summed E-state index contributed by atoms with van der Waals surface area (Å²) in [5, 5.41) is 0. The number of aryl methyl sites for hydroxylation is 2. The minimum atomic E-state index is -4.62. The van der Waals surface area contributed by atoms with Crippen LogP contribution in [0.5, 0.6) is 11.5 Å². The molecule has 10 heteroatoms. The van der Waals surface area contributed by atoms with Crippen molar-refractivity contribution in [2.75, 3.05) is 0 Å². The van der Waals surface area contributed by atoms with Gasteiger partial charge in [-0.25, -0.2) is 0 Å². The Morgan fingerprint density at radius 3 is 1.46 bits per heavy atom. The molecule has 2 aromatic carbocycles. The van der Waals surface area contributed by atoms with E-state index in [1.165, 1.54) is 24.3 Å². The first-order valence-corrected chi connectivity index (χ1v) is 9.94. The van der Waals surface area contributed by atoms with Crippen LogP contribution in [0, 0.1) is 11.8 Å². The highest BCUT2D eigenvalue weighted by Gasteiger charge is 2.14. The second-order valence-electron chi connectivity index (χ2n) is 5.41. The molecule has 3 rings (SSSR count). The van der Waals surface area contributed by atoms with Crippen molar-refractivity contribution in [3.8, 4) is 23.3 Å². The molecule has 26 heavy (non-hydrogen) atoms. The van der Waals surface area contributed by atoms with E-state index in [-0.39, 0.29) is 11.5 Å². The normalized spacial score (nSPS) is 13.3. The summed E-state index contributed by atoms with van der Waals surface area (Å²) in [5.41, 5.74) is 2.75. The molecule has 0 saturated carbocycles. The molecule has 0 heterocycles. The van der Waals surface area contributed by atoms with Crippen LogP contribution in [-0.4, -0.2) is 25.9 Å². The molecular weight excluding hydrogens is 384 g/mol. The van der Waals surface area contributed by atoms with Crippen LogP contribution in [0.1, 0.15) is 22.3 Å². The van der Waals surface area contributed by atoms with E-state index < -0.39 is 20.8 Å². The zero-order valence-corrected chi connectivity index (χ0v) is 14.7. The van der Waals surface area contributed by atoms with E-state index in [1.807, 2.05) is 0 Å². The minimum Gasteiger partial charge on any atom is -0.362 e. The first kappa shape index (κ1) is 18.2. The van der Waals surface area contributed by atoms with E-state index >= 15 is 0 Å². The third-order valence-corrected chi connectivity index (χ3v) is 4.36. The Balaban J connectivity index is 1.95. The van der Waals surface area contributed by atoms with Crippen LogP contribution in [0.15, 0.2) is 36.4 Å². The van der Waals surface area contributed by atoms with Crippen LogP contribution >= 0.6 is 0 Å². The lowest BCUT2D eigenvalue weighted by atomic mass is 9.94. The fourth-order valence-electron chi connectivity index (χ4n) is 2.55. The fraction of sp³-hybridized carbons (Fsp3) is 0.125. The molecule has 0 saturated heterocycles. The van der Waals surface area contributed by atoms with Crippen LogP contribution < -0.4 is 8.37 Å². The molecule has 0 fully saturated rings. The van der Waals surface area contributed by atoms with Gasteiger partial charge in [0.15, 0.2) is 0 Å². The van der Waals surface area contributed by atoms with Crippen LogP contribution in [0.25, 0.3) is 0 Å². The highest BCUT2D eigenvalue weighted by molar-refractivity contribution is 7.81. The van der Waals surface area contributed by atoms with E-state index in [1.54, 1.807) is 12.1 Å². The summed E-state index contributed by atoms with van der Waals surface area (Å²) in [5.74, 6) is 5.82. The number of hydrogen-bond donors (Lipinski definition) is 2. The molecule has 0 bridgehead atoms. The smallest absolute Gasteiger partial charge is 0.362 e. The van der Waals surface area contributed by atoms with Gasteiger partial charge >= 0.3 is 20.8 Å². The predicted molar refractivity (Wildman–Crippen MR) is 90.6 cm³/mol. The quantitative estimate of drug-likeness (QED) is 0.589. The maximum Gasteiger partial charge on any atom is 0.446 e. The van der Waals surface area contributed by atoms with Gasteiger partial charge in [0.2, 0.25) is 0 Å². The molecular formula is C16H12O8S2. The van der Waals surface area contributed by atoms with Gasteiger partial charge in [-0.15, -0.1) is 0 Å². The Morgan fingerprint density at radius 2 is 1.12 bits per heavy atom. The second-order valence-corrected chi connectivity index (χ2v) is 7.45. The molecule has 1 aliphatic rings. The maximum atomic E-state index is 10.8. The Morgan fingerprint density at radius 1 is 0.731 bits per heavy atom. The molecule has 0 radical (unpaired) electrons. The standard InChI is InChI=1S/C16H12O8S2/c17-25(18,19)23-15-7-5-11-1-2-12-6-8-16(24-26(20,21)22)10-14(12)4-3-13(11)9-15/h5-10H,3-4H2,(H,17,18,19)(H,20,21,22). The van der Waals surface area contributed by atoms with Crippen molar-refractivity contribution in [2.45, 2.75) is 12.8 Å². The zero-order chi connectivity index (χ0) is 18.9. The number of benzene rings is 2. The molecule has 1 aliphatic carbocycles. The Kier molecular flexibility index (Phi) is 4.64. The van der Waals surface area contributed by atoms with Crippen molar-refractivity contribution < 1.29 is 34.3 Å². The van der Waals surface area contributed by atoms with Gasteiger partial charge in [0, 0.05) is 11.1 Å². The summed E-state index contributed by atoms with van der Waals surface area (Å²) in [7, 11) is -9.25. The van der Waals surface area contributed by atoms with Crippen molar-refractivity contribution in [2.24, 2.45) is 0 Å². The molecule has 0 spiro atoms. The highest BCUT2D eigenvalue weighted by atomic mass is 32.3. The van der Waals surface area contributed by atoms with Crippen molar-refractivity contribution in [1.82, 2.24) is 0 Å². The largest absolute Gasteiger partial charge is 0.446 e. The minimum absolute atomic E-state index is 0.0442. The van der Waals surface area contributed by atoms with Gasteiger partial charge in [-0.1, -0.05) is 11.8 Å².